The van der Waals surface area contributed by atoms with Gasteiger partial charge in [0.1, 0.15) is 5.82 Å². The van der Waals surface area contributed by atoms with Crippen LogP contribution in [0.2, 0.25) is 0 Å². The van der Waals surface area contributed by atoms with E-state index in [1.165, 1.54) is 18.3 Å². The molecule has 1 aliphatic rings. The Labute approximate surface area is 139 Å². The first-order valence-electron chi connectivity index (χ1n) is 7.61. The first-order chi connectivity index (χ1) is 11.4. The first-order valence-corrected chi connectivity index (χ1v) is 9.43. The largest absolute Gasteiger partial charge is 0.348 e. The lowest BCUT2D eigenvalue weighted by molar-refractivity contribution is 0.0940. The first kappa shape index (κ1) is 16.6. The van der Waals surface area contributed by atoms with E-state index in [1.807, 2.05) is 0 Å². The van der Waals surface area contributed by atoms with Crippen molar-refractivity contribution in [3.05, 3.63) is 65.2 Å². The smallest absolute Gasteiger partial charge is 0.253 e. The molecule has 2 aromatic rings. The Hall–Kier alpha value is -2.28. The number of aromatic nitrogens is 1. The summed E-state index contributed by atoms with van der Waals surface area (Å²) in [5, 5.41) is 2.74. The predicted octanol–water partition coefficient (Wildman–Crippen LogP) is 1.73. The minimum absolute atomic E-state index is 0.0125. The molecule has 1 amide bonds. The molecule has 0 bridgehead atoms. The Kier molecular flexibility index (Phi) is 4.62. The molecule has 7 heteroatoms. The van der Waals surface area contributed by atoms with E-state index in [0.29, 0.717) is 18.4 Å². The maximum atomic E-state index is 12.9. The van der Waals surface area contributed by atoms with Crippen molar-refractivity contribution in [3.8, 4) is 0 Å². The Bertz CT molecular complexity index is 850. The summed E-state index contributed by atoms with van der Waals surface area (Å²) in [7, 11) is -3.04. The van der Waals surface area contributed by atoms with E-state index in [9.17, 15) is 17.6 Å². The molecule has 1 atom stereocenters. The molecule has 0 spiro atoms. The zero-order valence-electron chi connectivity index (χ0n) is 12.9. The number of carbonyl (C=O) groups is 1. The summed E-state index contributed by atoms with van der Waals surface area (Å²) in [6.07, 6.45) is 4.08. The SMILES string of the molecule is O=C(N[C@@H]1CCS(=O)(=O)C1)c1cncc(Cc2ccc(F)cc2)c1. The maximum absolute atomic E-state index is 12.9. The fraction of sp³-hybridized carbons (Fsp3) is 0.294. The summed E-state index contributed by atoms with van der Waals surface area (Å²) in [5.41, 5.74) is 2.13. The Morgan fingerprint density at radius 2 is 1.96 bits per heavy atom. The van der Waals surface area contributed by atoms with Crippen molar-refractivity contribution < 1.29 is 17.6 Å². The molecule has 0 unspecified atom stereocenters. The quantitative estimate of drug-likeness (QED) is 0.913. The number of pyridine rings is 1. The second-order valence-electron chi connectivity index (χ2n) is 5.96. The number of carbonyl (C=O) groups excluding carboxylic acids is 1. The van der Waals surface area contributed by atoms with Gasteiger partial charge < -0.3 is 5.32 Å². The van der Waals surface area contributed by atoms with Gasteiger partial charge in [-0.1, -0.05) is 12.1 Å². The van der Waals surface area contributed by atoms with Gasteiger partial charge in [-0.2, -0.15) is 0 Å². The van der Waals surface area contributed by atoms with Crippen LogP contribution < -0.4 is 5.32 Å². The molecular weight excluding hydrogens is 331 g/mol. The second kappa shape index (κ2) is 6.68. The number of hydrogen-bond donors (Lipinski definition) is 1. The van der Waals surface area contributed by atoms with E-state index in [0.717, 1.165) is 11.1 Å². The van der Waals surface area contributed by atoms with Crippen molar-refractivity contribution in [3.63, 3.8) is 0 Å². The second-order valence-corrected chi connectivity index (χ2v) is 8.19. The zero-order chi connectivity index (χ0) is 17.2. The number of amides is 1. The molecule has 1 N–H and O–H groups in total. The van der Waals surface area contributed by atoms with Crippen LogP contribution in [-0.2, 0) is 16.3 Å². The summed E-state index contributed by atoms with van der Waals surface area (Å²) in [6, 6.07) is 7.52. The van der Waals surface area contributed by atoms with E-state index >= 15 is 0 Å². The third-order valence-corrected chi connectivity index (χ3v) is 5.71. The number of benzene rings is 1. The molecule has 24 heavy (non-hydrogen) atoms. The summed E-state index contributed by atoms with van der Waals surface area (Å²) in [5.74, 6) is -0.524. The van der Waals surface area contributed by atoms with E-state index in [1.54, 1.807) is 24.4 Å². The molecule has 0 radical (unpaired) electrons. The lowest BCUT2D eigenvalue weighted by Crippen LogP contribution is -2.35. The highest BCUT2D eigenvalue weighted by Crippen LogP contribution is 2.14. The van der Waals surface area contributed by atoms with Crippen LogP contribution in [-0.4, -0.2) is 36.9 Å². The van der Waals surface area contributed by atoms with Crippen LogP contribution in [0.15, 0.2) is 42.7 Å². The average Bonchev–Trinajstić information content (AvgIpc) is 2.88. The van der Waals surface area contributed by atoms with Crippen molar-refractivity contribution in [2.75, 3.05) is 11.5 Å². The van der Waals surface area contributed by atoms with Gasteiger partial charge in [0.2, 0.25) is 0 Å². The summed E-state index contributed by atoms with van der Waals surface area (Å²) in [6.45, 7) is 0. The molecule has 1 aromatic heterocycles. The van der Waals surface area contributed by atoms with Gasteiger partial charge in [0.15, 0.2) is 9.84 Å². The Morgan fingerprint density at radius 3 is 2.62 bits per heavy atom. The lowest BCUT2D eigenvalue weighted by Gasteiger charge is -2.11. The van der Waals surface area contributed by atoms with Crippen molar-refractivity contribution in [1.82, 2.24) is 10.3 Å². The number of nitrogens with zero attached hydrogens (tertiary/aromatic N) is 1. The molecule has 2 heterocycles. The van der Waals surface area contributed by atoms with E-state index in [-0.39, 0.29) is 29.3 Å². The predicted molar refractivity (Wildman–Crippen MR) is 88.0 cm³/mol. The van der Waals surface area contributed by atoms with Gasteiger partial charge in [-0.25, -0.2) is 12.8 Å². The Balaban J connectivity index is 1.68. The molecule has 1 aliphatic heterocycles. The highest BCUT2D eigenvalue weighted by atomic mass is 32.2. The van der Waals surface area contributed by atoms with E-state index < -0.39 is 9.84 Å². The van der Waals surface area contributed by atoms with Crippen molar-refractivity contribution >= 4 is 15.7 Å². The van der Waals surface area contributed by atoms with Crippen LogP contribution in [0.4, 0.5) is 4.39 Å². The normalized spacial score (nSPS) is 19.1. The Morgan fingerprint density at radius 1 is 1.21 bits per heavy atom. The molecule has 1 saturated heterocycles. The molecule has 1 fully saturated rings. The summed E-state index contributed by atoms with van der Waals surface area (Å²) < 4.78 is 35.8. The van der Waals surface area contributed by atoms with Crippen molar-refractivity contribution in [1.29, 1.82) is 0 Å². The molecule has 1 aromatic carbocycles. The van der Waals surface area contributed by atoms with E-state index in [4.69, 9.17) is 0 Å². The number of halogens is 1. The highest BCUT2D eigenvalue weighted by Gasteiger charge is 2.29. The van der Waals surface area contributed by atoms with E-state index in [2.05, 4.69) is 10.3 Å². The molecule has 5 nitrogen and oxygen atoms in total. The van der Waals surface area contributed by atoms with Gasteiger partial charge in [-0.3, -0.25) is 9.78 Å². The van der Waals surface area contributed by atoms with Gasteiger partial charge in [-0.05, 0) is 42.2 Å². The number of hydrogen-bond acceptors (Lipinski definition) is 4. The van der Waals surface area contributed by atoms with Crippen molar-refractivity contribution in [2.45, 2.75) is 18.9 Å². The summed E-state index contributed by atoms with van der Waals surface area (Å²) >= 11 is 0. The van der Waals surface area contributed by atoms with Gasteiger partial charge in [0.25, 0.3) is 5.91 Å². The average molecular weight is 348 g/mol. The summed E-state index contributed by atoms with van der Waals surface area (Å²) in [4.78, 5) is 16.3. The standard InChI is InChI=1S/C17H17FN2O3S/c18-15-3-1-12(2-4-15)7-13-8-14(10-19-9-13)17(21)20-16-5-6-24(22,23)11-16/h1-4,8-10,16H,5-7,11H2,(H,20,21)/t16-/m1/s1. The maximum Gasteiger partial charge on any atom is 0.253 e. The molecule has 0 aliphatic carbocycles. The molecular formula is C17H17FN2O3S. The number of rotatable bonds is 4. The molecule has 0 saturated carbocycles. The van der Waals surface area contributed by atoms with Crippen LogP contribution in [0.5, 0.6) is 0 Å². The zero-order valence-corrected chi connectivity index (χ0v) is 13.7. The van der Waals surface area contributed by atoms with Crippen LogP contribution in [0.3, 0.4) is 0 Å². The number of nitrogens with one attached hydrogen (secondary N) is 1. The highest BCUT2D eigenvalue weighted by molar-refractivity contribution is 7.91. The van der Waals surface area contributed by atoms with Crippen LogP contribution >= 0.6 is 0 Å². The minimum atomic E-state index is -3.04. The van der Waals surface area contributed by atoms with Gasteiger partial charge in [0, 0.05) is 18.4 Å². The van der Waals surface area contributed by atoms with Crippen LogP contribution in [0.25, 0.3) is 0 Å². The van der Waals surface area contributed by atoms with Crippen LogP contribution in [0, 0.1) is 5.82 Å². The number of sulfone groups is 1. The van der Waals surface area contributed by atoms with Gasteiger partial charge in [-0.15, -0.1) is 0 Å². The fourth-order valence-corrected chi connectivity index (χ4v) is 4.40. The fourth-order valence-electron chi connectivity index (χ4n) is 2.72. The molecule has 126 valence electrons. The van der Waals surface area contributed by atoms with Crippen LogP contribution in [0.1, 0.15) is 27.9 Å². The third kappa shape index (κ3) is 4.17. The topological polar surface area (TPSA) is 76.1 Å². The van der Waals surface area contributed by atoms with Gasteiger partial charge in [0.05, 0.1) is 17.1 Å². The lowest BCUT2D eigenvalue weighted by atomic mass is 10.0. The van der Waals surface area contributed by atoms with Crippen molar-refractivity contribution in [2.24, 2.45) is 0 Å². The third-order valence-electron chi connectivity index (χ3n) is 3.95. The molecule has 3 rings (SSSR count). The minimum Gasteiger partial charge on any atom is -0.348 e. The monoisotopic (exact) mass is 348 g/mol. The van der Waals surface area contributed by atoms with Gasteiger partial charge >= 0.3 is 0 Å².